The minimum atomic E-state index is 1.09. The van der Waals surface area contributed by atoms with Crippen molar-refractivity contribution in [3.05, 3.63) is 22.3 Å². The summed E-state index contributed by atoms with van der Waals surface area (Å²) < 4.78 is 1.12. The van der Waals surface area contributed by atoms with Crippen molar-refractivity contribution in [2.45, 2.75) is 6.92 Å². The molecule has 0 spiro atoms. The second kappa shape index (κ2) is 4.53. The first-order chi connectivity index (χ1) is 6.77. The summed E-state index contributed by atoms with van der Waals surface area (Å²) >= 11 is 5.59. The van der Waals surface area contributed by atoms with Gasteiger partial charge in [0.2, 0.25) is 0 Å². The molecule has 2 nitrogen and oxygen atoms in total. The van der Waals surface area contributed by atoms with Crippen LogP contribution in [0.15, 0.2) is 16.7 Å². The molecule has 1 saturated heterocycles. The van der Waals surface area contributed by atoms with E-state index < -0.39 is 0 Å². The normalized spacial score (nSPS) is 17.1. The van der Waals surface area contributed by atoms with Crippen molar-refractivity contribution in [1.82, 2.24) is 4.98 Å². The molecule has 76 valence electrons. The molecule has 0 saturated carbocycles. The molecule has 2 rings (SSSR count). The third kappa shape index (κ3) is 2.23. The van der Waals surface area contributed by atoms with Crippen molar-refractivity contribution < 1.29 is 0 Å². The lowest BCUT2D eigenvalue weighted by Gasteiger charge is -2.28. The van der Waals surface area contributed by atoms with Gasteiger partial charge in [-0.05, 0) is 34.5 Å². The number of halogens is 1. The molecule has 0 bridgehead atoms. The predicted molar refractivity (Wildman–Crippen MR) is 66.2 cm³/mol. The molecule has 1 aliphatic heterocycles. The van der Waals surface area contributed by atoms with Crippen molar-refractivity contribution in [3.8, 4) is 0 Å². The van der Waals surface area contributed by atoms with E-state index in [1.165, 1.54) is 17.1 Å². The van der Waals surface area contributed by atoms with Gasteiger partial charge in [0.05, 0.1) is 4.47 Å². The van der Waals surface area contributed by atoms with Crippen LogP contribution in [0.4, 0.5) is 5.82 Å². The summed E-state index contributed by atoms with van der Waals surface area (Å²) in [6.07, 6.45) is 1.93. The fourth-order valence-electron chi connectivity index (χ4n) is 1.53. The summed E-state index contributed by atoms with van der Waals surface area (Å²) in [4.78, 5) is 6.82. The molecule has 1 aromatic rings. The SMILES string of the molecule is Cc1cnc(N2CCSCC2)c(Br)c1. The topological polar surface area (TPSA) is 16.1 Å². The first-order valence-corrected chi connectivity index (χ1v) is 6.67. The van der Waals surface area contributed by atoms with Gasteiger partial charge in [0.15, 0.2) is 0 Å². The number of hydrogen-bond donors (Lipinski definition) is 0. The molecule has 0 aliphatic carbocycles. The van der Waals surface area contributed by atoms with Gasteiger partial charge in [-0.25, -0.2) is 4.98 Å². The van der Waals surface area contributed by atoms with Gasteiger partial charge >= 0.3 is 0 Å². The Labute approximate surface area is 97.2 Å². The van der Waals surface area contributed by atoms with Crippen molar-refractivity contribution in [1.29, 1.82) is 0 Å². The van der Waals surface area contributed by atoms with Crippen LogP contribution < -0.4 is 4.90 Å². The van der Waals surface area contributed by atoms with E-state index in [4.69, 9.17) is 0 Å². The highest BCUT2D eigenvalue weighted by Crippen LogP contribution is 2.26. The van der Waals surface area contributed by atoms with Gasteiger partial charge in [-0.2, -0.15) is 11.8 Å². The summed E-state index contributed by atoms with van der Waals surface area (Å²) in [5.41, 5.74) is 1.20. The van der Waals surface area contributed by atoms with Gasteiger partial charge in [-0.1, -0.05) is 0 Å². The zero-order valence-corrected chi connectivity index (χ0v) is 10.6. The van der Waals surface area contributed by atoms with Crippen LogP contribution in [-0.4, -0.2) is 29.6 Å². The Balaban J connectivity index is 2.22. The van der Waals surface area contributed by atoms with Crippen molar-refractivity contribution in [2.75, 3.05) is 29.5 Å². The lowest BCUT2D eigenvalue weighted by molar-refractivity contribution is 0.835. The summed E-state index contributed by atoms with van der Waals surface area (Å²) in [6.45, 7) is 4.28. The summed E-state index contributed by atoms with van der Waals surface area (Å²) in [7, 11) is 0. The molecular weight excluding hydrogens is 260 g/mol. The van der Waals surface area contributed by atoms with Gasteiger partial charge in [-0.3, -0.25) is 0 Å². The molecule has 1 aromatic heterocycles. The molecule has 2 heterocycles. The molecule has 14 heavy (non-hydrogen) atoms. The maximum Gasteiger partial charge on any atom is 0.142 e. The van der Waals surface area contributed by atoms with Gasteiger partial charge in [-0.15, -0.1) is 0 Å². The van der Waals surface area contributed by atoms with Crippen molar-refractivity contribution in [2.24, 2.45) is 0 Å². The molecule has 1 aliphatic rings. The first kappa shape index (κ1) is 10.3. The second-order valence-corrected chi connectivity index (χ2v) is 5.50. The maximum atomic E-state index is 4.47. The molecule has 0 N–H and O–H groups in total. The second-order valence-electron chi connectivity index (χ2n) is 3.42. The molecular formula is C10H13BrN2S. The largest absolute Gasteiger partial charge is 0.354 e. The zero-order chi connectivity index (χ0) is 9.97. The van der Waals surface area contributed by atoms with Crippen LogP contribution in [0.3, 0.4) is 0 Å². The quantitative estimate of drug-likeness (QED) is 0.782. The van der Waals surface area contributed by atoms with E-state index in [1.54, 1.807) is 0 Å². The standard InChI is InChI=1S/C10H13BrN2S/c1-8-6-9(11)10(12-7-8)13-2-4-14-5-3-13/h6-7H,2-5H2,1H3. The fourth-order valence-corrected chi connectivity index (χ4v) is 3.15. The Hall–Kier alpha value is -0.220. The van der Waals surface area contributed by atoms with Gasteiger partial charge in [0.1, 0.15) is 5.82 Å². The number of hydrogen-bond acceptors (Lipinski definition) is 3. The third-order valence-corrected chi connectivity index (χ3v) is 3.80. The van der Waals surface area contributed by atoms with E-state index in [9.17, 15) is 0 Å². The summed E-state index contributed by atoms with van der Waals surface area (Å²) in [5, 5.41) is 0. The van der Waals surface area contributed by atoms with Crippen LogP contribution in [0, 0.1) is 6.92 Å². The smallest absolute Gasteiger partial charge is 0.142 e. The van der Waals surface area contributed by atoms with Crippen LogP contribution >= 0.6 is 27.7 Å². The van der Waals surface area contributed by atoms with Gasteiger partial charge in [0, 0.05) is 30.8 Å². The molecule has 0 amide bonds. The number of nitrogens with zero attached hydrogens (tertiary/aromatic N) is 2. The van der Waals surface area contributed by atoms with E-state index in [1.807, 2.05) is 18.0 Å². The minimum absolute atomic E-state index is 1.09. The highest BCUT2D eigenvalue weighted by molar-refractivity contribution is 9.10. The number of thioether (sulfide) groups is 1. The number of rotatable bonds is 1. The average Bonchev–Trinajstić information content (AvgIpc) is 2.19. The van der Waals surface area contributed by atoms with E-state index in [0.717, 1.165) is 23.4 Å². The lowest BCUT2D eigenvalue weighted by Crippen LogP contribution is -2.33. The van der Waals surface area contributed by atoms with Crippen LogP contribution in [0.1, 0.15) is 5.56 Å². The number of aryl methyl sites for hydroxylation is 1. The molecule has 0 atom stereocenters. The van der Waals surface area contributed by atoms with Crippen LogP contribution in [0.5, 0.6) is 0 Å². The minimum Gasteiger partial charge on any atom is -0.354 e. The highest BCUT2D eigenvalue weighted by atomic mass is 79.9. The predicted octanol–water partition coefficient (Wildman–Crippen LogP) is 2.71. The van der Waals surface area contributed by atoms with Gasteiger partial charge < -0.3 is 4.90 Å². The highest BCUT2D eigenvalue weighted by Gasteiger charge is 2.14. The summed E-state index contributed by atoms with van der Waals surface area (Å²) in [5.74, 6) is 3.51. The summed E-state index contributed by atoms with van der Waals surface area (Å²) in [6, 6.07) is 2.13. The lowest BCUT2D eigenvalue weighted by atomic mass is 10.3. The van der Waals surface area contributed by atoms with E-state index in [0.29, 0.717) is 0 Å². The van der Waals surface area contributed by atoms with E-state index in [2.05, 4.69) is 38.8 Å². The number of aromatic nitrogens is 1. The van der Waals surface area contributed by atoms with E-state index >= 15 is 0 Å². The average molecular weight is 273 g/mol. The Morgan fingerprint density at radius 3 is 2.79 bits per heavy atom. The zero-order valence-electron chi connectivity index (χ0n) is 8.16. The fraction of sp³-hybridized carbons (Fsp3) is 0.500. The Morgan fingerprint density at radius 2 is 2.14 bits per heavy atom. The maximum absolute atomic E-state index is 4.47. The Kier molecular flexibility index (Phi) is 3.34. The molecule has 1 fully saturated rings. The van der Waals surface area contributed by atoms with Crippen molar-refractivity contribution in [3.63, 3.8) is 0 Å². The third-order valence-electron chi connectivity index (χ3n) is 2.27. The molecule has 0 radical (unpaired) electrons. The van der Waals surface area contributed by atoms with E-state index in [-0.39, 0.29) is 0 Å². The van der Waals surface area contributed by atoms with Crippen LogP contribution in [0.2, 0.25) is 0 Å². The first-order valence-electron chi connectivity index (χ1n) is 4.72. The van der Waals surface area contributed by atoms with Crippen molar-refractivity contribution >= 4 is 33.5 Å². The molecule has 4 heteroatoms. The Morgan fingerprint density at radius 1 is 1.43 bits per heavy atom. The van der Waals surface area contributed by atoms with Crippen LogP contribution in [0.25, 0.3) is 0 Å². The Bertz CT molecular complexity index is 324. The van der Waals surface area contributed by atoms with Crippen LogP contribution in [-0.2, 0) is 0 Å². The number of anilines is 1. The monoisotopic (exact) mass is 272 g/mol. The molecule has 0 aromatic carbocycles. The number of pyridine rings is 1. The molecule has 0 unspecified atom stereocenters. The van der Waals surface area contributed by atoms with Gasteiger partial charge in [0.25, 0.3) is 0 Å².